The molecule has 2 aliphatic heterocycles. The van der Waals surface area contributed by atoms with Crippen molar-refractivity contribution in [2.75, 3.05) is 26.0 Å². The molecule has 0 aromatic heterocycles. The maximum atomic E-state index is 5.91. The fourth-order valence-electron chi connectivity index (χ4n) is 2.57. The minimum atomic E-state index is 0.240. The topological polar surface area (TPSA) is 12.5 Å². The van der Waals surface area contributed by atoms with Gasteiger partial charge in [-0.25, -0.2) is 0 Å². The predicted octanol–water partition coefficient (Wildman–Crippen LogP) is 1.95. The van der Waals surface area contributed by atoms with Gasteiger partial charge in [-0.1, -0.05) is 6.92 Å². The summed E-state index contributed by atoms with van der Waals surface area (Å²) < 4.78 is 5.91. The molecule has 2 fully saturated rings. The van der Waals surface area contributed by atoms with Gasteiger partial charge in [0.25, 0.3) is 0 Å². The van der Waals surface area contributed by atoms with Crippen molar-refractivity contribution in [2.24, 2.45) is 0 Å². The van der Waals surface area contributed by atoms with Gasteiger partial charge >= 0.3 is 0 Å². The molecular formula is C10H19NOS. The summed E-state index contributed by atoms with van der Waals surface area (Å²) in [5, 5.41) is 0.697. The zero-order chi connectivity index (χ0) is 9.31. The summed E-state index contributed by atoms with van der Waals surface area (Å²) in [6.07, 6.45) is 5.99. The van der Waals surface area contributed by atoms with Crippen LogP contribution in [-0.2, 0) is 4.74 Å². The molecule has 0 aliphatic carbocycles. The minimum absolute atomic E-state index is 0.240. The van der Waals surface area contributed by atoms with Crippen LogP contribution >= 0.6 is 11.8 Å². The number of nitrogens with zero attached hydrogens (tertiary/aromatic N) is 1. The summed E-state index contributed by atoms with van der Waals surface area (Å²) in [5.41, 5.74) is 0.240. The van der Waals surface area contributed by atoms with Crippen molar-refractivity contribution in [2.45, 2.75) is 37.2 Å². The first-order valence-electron chi connectivity index (χ1n) is 5.20. The Hall–Kier alpha value is 0.270. The fraction of sp³-hybridized carbons (Fsp3) is 1.00. The first kappa shape index (κ1) is 9.81. The first-order chi connectivity index (χ1) is 6.29. The minimum Gasteiger partial charge on any atom is -0.374 e. The number of likely N-dealkylation sites (tertiary alicyclic amines) is 1. The Morgan fingerprint density at radius 1 is 1.62 bits per heavy atom. The Morgan fingerprint density at radius 3 is 2.92 bits per heavy atom. The van der Waals surface area contributed by atoms with Crippen molar-refractivity contribution >= 4 is 11.8 Å². The van der Waals surface area contributed by atoms with Crippen LogP contribution in [0.4, 0.5) is 0 Å². The number of rotatable bonds is 2. The summed E-state index contributed by atoms with van der Waals surface area (Å²) in [6, 6.07) is 0. The zero-order valence-electron chi connectivity index (χ0n) is 8.58. The van der Waals surface area contributed by atoms with Crippen LogP contribution in [0.15, 0.2) is 0 Å². The lowest BCUT2D eigenvalue weighted by atomic mass is 10.00. The van der Waals surface area contributed by atoms with Crippen LogP contribution in [0.25, 0.3) is 0 Å². The monoisotopic (exact) mass is 201 g/mol. The third-order valence-corrected chi connectivity index (χ3v) is 4.32. The number of hydrogen-bond donors (Lipinski definition) is 0. The van der Waals surface area contributed by atoms with Gasteiger partial charge in [-0.2, -0.15) is 0 Å². The molecule has 0 aromatic rings. The van der Waals surface area contributed by atoms with Gasteiger partial charge in [0, 0.05) is 19.6 Å². The molecule has 76 valence electrons. The molecule has 2 unspecified atom stereocenters. The molecule has 0 aromatic carbocycles. The highest BCUT2D eigenvalue weighted by atomic mass is 32.2. The number of thioether (sulfide) groups is 1. The van der Waals surface area contributed by atoms with E-state index in [1.807, 2.05) is 11.8 Å². The van der Waals surface area contributed by atoms with Crippen molar-refractivity contribution in [3.05, 3.63) is 0 Å². The van der Waals surface area contributed by atoms with E-state index in [2.05, 4.69) is 18.1 Å². The van der Waals surface area contributed by atoms with Crippen LogP contribution in [-0.4, -0.2) is 41.8 Å². The number of likely N-dealkylation sites (N-methyl/N-ethyl adjacent to an activating group) is 1. The third-order valence-electron chi connectivity index (χ3n) is 3.31. The van der Waals surface area contributed by atoms with Gasteiger partial charge in [0.05, 0.1) is 11.0 Å². The molecule has 2 nitrogen and oxygen atoms in total. The molecule has 0 bridgehead atoms. The van der Waals surface area contributed by atoms with E-state index in [1.165, 1.54) is 19.3 Å². The van der Waals surface area contributed by atoms with E-state index in [9.17, 15) is 0 Å². The van der Waals surface area contributed by atoms with Crippen molar-refractivity contribution in [3.8, 4) is 0 Å². The summed E-state index contributed by atoms with van der Waals surface area (Å²) in [5.74, 6) is 0. The Labute approximate surface area is 85.0 Å². The van der Waals surface area contributed by atoms with Crippen LogP contribution < -0.4 is 0 Å². The summed E-state index contributed by atoms with van der Waals surface area (Å²) in [4.78, 5) is 2.55. The lowest BCUT2D eigenvalue weighted by molar-refractivity contribution is 0.0131. The van der Waals surface area contributed by atoms with Crippen LogP contribution in [0, 0.1) is 0 Å². The van der Waals surface area contributed by atoms with Crippen molar-refractivity contribution in [1.29, 1.82) is 0 Å². The van der Waals surface area contributed by atoms with Crippen LogP contribution in [0.2, 0.25) is 0 Å². The molecule has 2 rings (SSSR count). The highest BCUT2D eigenvalue weighted by Gasteiger charge is 2.45. The molecule has 13 heavy (non-hydrogen) atoms. The zero-order valence-corrected chi connectivity index (χ0v) is 9.40. The molecule has 2 atom stereocenters. The molecule has 1 spiro atoms. The van der Waals surface area contributed by atoms with Gasteiger partial charge in [-0.15, -0.1) is 11.8 Å². The highest BCUT2D eigenvalue weighted by Crippen LogP contribution is 2.40. The standard InChI is InChI=1S/C10H19NOS/c1-3-11-8-10(5-4-6-12-10)7-9(11)13-2/h9H,3-8H2,1-2H3. The van der Waals surface area contributed by atoms with E-state index < -0.39 is 0 Å². The lowest BCUT2D eigenvalue weighted by Crippen LogP contribution is -2.32. The number of ether oxygens (including phenoxy) is 1. The Balaban J connectivity index is 2.03. The van der Waals surface area contributed by atoms with Gasteiger partial charge in [0.15, 0.2) is 0 Å². The smallest absolute Gasteiger partial charge is 0.0833 e. The average Bonchev–Trinajstić information content (AvgIpc) is 2.74. The predicted molar refractivity (Wildman–Crippen MR) is 57.1 cm³/mol. The van der Waals surface area contributed by atoms with E-state index in [4.69, 9.17) is 4.74 Å². The van der Waals surface area contributed by atoms with Gasteiger partial charge < -0.3 is 4.74 Å². The molecule has 3 heteroatoms. The molecular weight excluding hydrogens is 182 g/mol. The Morgan fingerprint density at radius 2 is 2.46 bits per heavy atom. The van der Waals surface area contributed by atoms with Crippen LogP contribution in [0.5, 0.6) is 0 Å². The fourth-order valence-corrected chi connectivity index (χ4v) is 3.56. The second kappa shape index (κ2) is 3.79. The van der Waals surface area contributed by atoms with E-state index in [1.54, 1.807) is 0 Å². The second-order valence-corrected chi connectivity index (χ2v) is 5.11. The quantitative estimate of drug-likeness (QED) is 0.677. The summed E-state index contributed by atoms with van der Waals surface area (Å²) in [6.45, 7) is 5.56. The van der Waals surface area contributed by atoms with Crippen molar-refractivity contribution < 1.29 is 4.74 Å². The Bertz CT molecular complexity index is 166. The van der Waals surface area contributed by atoms with Crippen LogP contribution in [0.3, 0.4) is 0 Å². The molecule has 2 saturated heterocycles. The van der Waals surface area contributed by atoms with E-state index in [0.29, 0.717) is 5.37 Å². The molecule has 2 heterocycles. The van der Waals surface area contributed by atoms with Gasteiger partial charge in [0.2, 0.25) is 0 Å². The van der Waals surface area contributed by atoms with Crippen LogP contribution in [0.1, 0.15) is 26.2 Å². The van der Waals surface area contributed by atoms with Gasteiger partial charge in [-0.3, -0.25) is 4.90 Å². The molecule has 0 radical (unpaired) electrons. The normalized spacial score (nSPS) is 40.6. The first-order valence-corrected chi connectivity index (χ1v) is 6.49. The van der Waals surface area contributed by atoms with Gasteiger partial charge in [-0.05, 0) is 25.6 Å². The van der Waals surface area contributed by atoms with E-state index >= 15 is 0 Å². The largest absolute Gasteiger partial charge is 0.374 e. The average molecular weight is 201 g/mol. The van der Waals surface area contributed by atoms with E-state index in [-0.39, 0.29) is 5.60 Å². The van der Waals surface area contributed by atoms with Crippen molar-refractivity contribution in [1.82, 2.24) is 4.90 Å². The Kier molecular flexibility index (Phi) is 2.86. The maximum Gasteiger partial charge on any atom is 0.0833 e. The van der Waals surface area contributed by atoms with E-state index in [0.717, 1.165) is 19.7 Å². The number of hydrogen-bond acceptors (Lipinski definition) is 3. The molecule has 2 aliphatic rings. The van der Waals surface area contributed by atoms with Crippen molar-refractivity contribution in [3.63, 3.8) is 0 Å². The second-order valence-electron chi connectivity index (χ2n) is 4.09. The SMILES string of the molecule is CCN1CC2(CCCO2)CC1SC. The molecule has 0 N–H and O–H groups in total. The maximum absolute atomic E-state index is 5.91. The highest BCUT2D eigenvalue weighted by molar-refractivity contribution is 7.99. The molecule has 0 saturated carbocycles. The lowest BCUT2D eigenvalue weighted by Gasteiger charge is -2.22. The van der Waals surface area contributed by atoms with Gasteiger partial charge in [0.1, 0.15) is 0 Å². The summed E-state index contributed by atoms with van der Waals surface area (Å²) in [7, 11) is 0. The third kappa shape index (κ3) is 1.74. The summed E-state index contributed by atoms with van der Waals surface area (Å²) >= 11 is 1.97. The molecule has 0 amide bonds.